The fourth-order valence-corrected chi connectivity index (χ4v) is 2.39. The van der Waals surface area contributed by atoms with Gasteiger partial charge in [0.1, 0.15) is 5.02 Å². The maximum absolute atomic E-state index is 10.7. The van der Waals surface area contributed by atoms with Gasteiger partial charge in [-0.2, -0.15) is 0 Å². The van der Waals surface area contributed by atoms with E-state index in [1.54, 1.807) is 12.1 Å². The van der Waals surface area contributed by atoms with Gasteiger partial charge in [0.05, 0.1) is 4.92 Å². The van der Waals surface area contributed by atoms with Gasteiger partial charge in [-0.3, -0.25) is 15.0 Å². The Morgan fingerprint density at radius 1 is 1.39 bits per heavy atom. The standard InChI is InChI=1S/C12H16ClN3O2/c13-11-8-10(2-3-12(11)16(17)18)9-15-6-1-4-14-5-7-15/h2-3,8,14H,1,4-7,9H2. The molecule has 1 aromatic carbocycles. The highest BCUT2D eigenvalue weighted by atomic mass is 35.5. The number of nitro groups is 1. The third-order valence-electron chi connectivity index (χ3n) is 3.05. The van der Waals surface area contributed by atoms with Gasteiger partial charge in [0.25, 0.3) is 5.69 Å². The summed E-state index contributed by atoms with van der Waals surface area (Å²) in [6, 6.07) is 4.95. The van der Waals surface area contributed by atoms with E-state index in [-0.39, 0.29) is 10.7 Å². The van der Waals surface area contributed by atoms with Crippen molar-refractivity contribution in [2.75, 3.05) is 26.2 Å². The SMILES string of the molecule is O=[N+]([O-])c1ccc(CN2CCCNCC2)cc1Cl. The smallest absolute Gasteiger partial charge is 0.287 e. The van der Waals surface area contributed by atoms with Crippen LogP contribution in [-0.2, 0) is 6.54 Å². The molecule has 2 rings (SSSR count). The van der Waals surface area contributed by atoms with Crippen LogP contribution in [-0.4, -0.2) is 36.0 Å². The van der Waals surface area contributed by atoms with Gasteiger partial charge in [-0.15, -0.1) is 0 Å². The third kappa shape index (κ3) is 3.41. The fraction of sp³-hybridized carbons (Fsp3) is 0.500. The molecule has 0 atom stereocenters. The fourth-order valence-electron chi connectivity index (χ4n) is 2.11. The van der Waals surface area contributed by atoms with Gasteiger partial charge in [-0.05, 0) is 31.1 Å². The molecule has 0 saturated carbocycles. The van der Waals surface area contributed by atoms with E-state index in [2.05, 4.69) is 10.2 Å². The quantitative estimate of drug-likeness (QED) is 0.674. The zero-order valence-corrected chi connectivity index (χ0v) is 10.8. The molecule has 98 valence electrons. The highest BCUT2D eigenvalue weighted by Crippen LogP contribution is 2.25. The summed E-state index contributed by atoms with van der Waals surface area (Å²) in [7, 11) is 0. The van der Waals surface area contributed by atoms with E-state index in [1.807, 2.05) is 0 Å². The lowest BCUT2D eigenvalue weighted by Gasteiger charge is -2.19. The van der Waals surface area contributed by atoms with Crippen LogP contribution in [0, 0.1) is 10.1 Å². The van der Waals surface area contributed by atoms with Crippen molar-refractivity contribution >= 4 is 17.3 Å². The van der Waals surface area contributed by atoms with E-state index in [1.165, 1.54) is 6.07 Å². The van der Waals surface area contributed by atoms with Gasteiger partial charge in [0, 0.05) is 25.7 Å². The summed E-state index contributed by atoms with van der Waals surface area (Å²) in [6.45, 7) is 4.87. The summed E-state index contributed by atoms with van der Waals surface area (Å²) >= 11 is 5.90. The molecule has 0 unspecified atom stereocenters. The Labute approximate surface area is 111 Å². The van der Waals surface area contributed by atoms with Crippen molar-refractivity contribution in [1.29, 1.82) is 0 Å². The van der Waals surface area contributed by atoms with Crippen molar-refractivity contribution in [3.8, 4) is 0 Å². The second-order valence-electron chi connectivity index (χ2n) is 4.42. The van der Waals surface area contributed by atoms with E-state index in [0.29, 0.717) is 0 Å². The number of nitro benzene ring substituents is 1. The summed E-state index contributed by atoms with van der Waals surface area (Å²) in [4.78, 5) is 12.5. The molecule has 1 aliphatic heterocycles. The normalized spacial score (nSPS) is 17.4. The van der Waals surface area contributed by atoms with Crippen LogP contribution in [0.5, 0.6) is 0 Å². The van der Waals surface area contributed by atoms with Crippen molar-refractivity contribution in [3.05, 3.63) is 38.9 Å². The first kappa shape index (κ1) is 13.3. The molecule has 6 heteroatoms. The number of benzene rings is 1. The lowest BCUT2D eigenvalue weighted by Crippen LogP contribution is -2.27. The molecule has 5 nitrogen and oxygen atoms in total. The minimum Gasteiger partial charge on any atom is -0.315 e. The third-order valence-corrected chi connectivity index (χ3v) is 3.35. The number of nitrogens with one attached hydrogen (secondary N) is 1. The summed E-state index contributed by atoms with van der Waals surface area (Å²) in [5.41, 5.74) is 0.991. The maximum Gasteiger partial charge on any atom is 0.287 e. The lowest BCUT2D eigenvalue weighted by molar-refractivity contribution is -0.384. The second-order valence-corrected chi connectivity index (χ2v) is 4.83. The predicted octanol–water partition coefficient (Wildman–Crippen LogP) is 2.04. The van der Waals surface area contributed by atoms with Crippen molar-refractivity contribution < 1.29 is 4.92 Å². The first-order chi connectivity index (χ1) is 8.66. The van der Waals surface area contributed by atoms with Crippen molar-refractivity contribution in [3.63, 3.8) is 0 Å². The minimum absolute atomic E-state index is 0.0297. The Hall–Kier alpha value is -1.17. The van der Waals surface area contributed by atoms with E-state index < -0.39 is 4.92 Å². The average molecular weight is 270 g/mol. The molecular formula is C12H16ClN3O2. The molecule has 1 fully saturated rings. The largest absolute Gasteiger partial charge is 0.315 e. The highest BCUT2D eigenvalue weighted by molar-refractivity contribution is 6.32. The van der Waals surface area contributed by atoms with Gasteiger partial charge in [-0.1, -0.05) is 17.7 Å². The molecule has 0 amide bonds. The van der Waals surface area contributed by atoms with Gasteiger partial charge in [0.15, 0.2) is 0 Å². The number of nitrogens with zero attached hydrogens (tertiary/aromatic N) is 2. The minimum atomic E-state index is -0.456. The van der Waals surface area contributed by atoms with E-state index in [0.717, 1.165) is 44.7 Å². The van der Waals surface area contributed by atoms with Crippen LogP contribution >= 0.6 is 11.6 Å². The molecule has 1 aromatic rings. The number of hydrogen-bond donors (Lipinski definition) is 1. The first-order valence-electron chi connectivity index (χ1n) is 6.03. The van der Waals surface area contributed by atoms with Crippen LogP contribution < -0.4 is 5.32 Å². The molecule has 0 aliphatic carbocycles. The van der Waals surface area contributed by atoms with Crippen LogP contribution in [0.25, 0.3) is 0 Å². The van der Waals surface area contributed by atoms with Crippen LogP contribution in [0.2, 0.25) is 5.02 Å². The summed E-state index contributed by atoms with van der Waals surface area (Å²) in [6.07, 6.45) is 1.13. The topological polar surface area (TPSA) is 58.4 Å². The van der Waals surface area contributed by atoms with E-state index in [4.69, 9.17) is 11.6 Å². The molecular weight excluding hydrogens is 254 g/mol. The molecule has 1 N–H and O–H groups in total. The Morgan fingerprint density at radius 3 is 2.94 bits per heavy atom. The van der Waals surface area contributed by atoms with Crippen LogP contribution in [0.1, 0.15) is 12.0 Å². The van der Waals surface area contributed by atoms with Gasteiger partial charge in [-0.25, -0.2) is 0 Å². The summed E-state index contributed by atoms with van der Waals surface area (Å²) in [5.74, 6) is 0. The Balaban J connectivity index is 2.05. The zero-order chi connectivity index (χ0) is 13.0. The van der Waals surface area contributed by atoms with E-state index in [9.17, 15) is 10.1 Å². The summed E-state index contributed by atoms with van der Waals surface area (Å²) in [5, 5.41) is 14.2. The molecule has 1 aliphatic rings. The van der Waals surface area contributed by atoms with Gasteiger partial charge < -0.3 is 5.32 Å². The monoisotopic (exact) mass is 269 g/mol. The molecule has 0 bridgehead atoms. The van der Waals surface area contributed by atoms with Crippen LogP contribution in [0.3, 0.4) is 0 Å². The first-order valence-corrected chi connectivity index (χ1v) is 6.40. The maximum atomic E-state index is 10.7. The molecule has 0 radical (unpaired) electrons. The predicted molar refractivity (Wildman–Crippen MR) is 70.9 cm³/mol. The number of rotatable bonds is 3. The number of hydrogen-bond acceptors (Lipinski definition) is 4. The molecule has 1 saturated heterocycles. The summed E-state index contributed by atoms with van der Waals surface area (Å²) < 4.78 is 0. The molecule has 0 spiro atoms. The van der Waals surface area contributed by atoms with Crippen molar-refractivity contribution in [1.82, 2.24) is 10.2 Å². The van der Waals surface area contributed by atoms with Gasteiger partial charge in [0.2, 0.25) is 0 Å². The Bertz CT molecular complexity index is 431. The van der Waals surface area contributed by atoms with Gasteiger partial charge >= 0.3 is 0 Å². The lowest BCUT2D eigenvalue weighted by atomic mass is 10.2. The molecule has 0 aromatic heterocycles. The van der Waals surface area contributed by atoms with Crippen molar-refractivity contribution in [2.24, 2.45) is 0 Å². The second kappa shape index (κ2) is 6.13. The highest BCUT2D eigenvalue weighted by Gasteiger charge is 2.14. The molecule has 1 heterocycles. The average Bonchev–Trinajstić information content (AvgIpc) is 2.57. The molecule has 18 heavy (non-hydrogen) atoms. The van der Waals surface area contributed by atoms with Crippen molar-refractivity contribution in [2.45, 2.75) is 13.0 Å². The van der Waals surface area contributed by atoms with Crippen LogP contribution in [0.15, 0.2) is 18.2 Å². The Morgan fingerprint density at radius 2 is 2.22 bits per heavy atom. The Kier molecular flexibility index (Phi) is 4.52. The zero-order valence-electron chi connectivity index (χ0n) is 10.1. The van der Waals surface area contributed by atoms with Crippen LogP contribution in [0.4, 0.5) is 5.69 Å². The number of halogens is 1. The van der Waals surface area contributed by atoms with E-state index >= 15 is 0 Å².